The lowest BCUT2D eigenvalue weighted by molar-refractivity contribution is -0.386. The smallest absolute Gasteiger partial charge is 0.310 e. The van der Waals surface area contributed by atoms with E-state index in [1.807, 2.05) is 0 Å². The molecule has 28 heavy (non-hydrogen) atoms. The number of para-hydroxylation sites is 1. The summed E-state index contributed by atoms with van der Waals surface area (Å²) in [6, 6.07) is 4.47. The van der Waals surface area contributed by atoms with Crippen LogP contribution in [0.25, 0.3) is 0 Å². The highest BCUT2D eigenvalue weighted by Crippen LogP contribution is 2.35. The predicted octanol–water partition coefficient (Wildman–Crippen LogP) is 2.36. The molecule has 156 valence electrons. The molecular weight excluding hydrogens is 380 g/mol. The normalized spacial score (nSPS) is 21.4. The fourth-order valence-electron chi connectivity index (χ4n) is 4.42. The molecule has 0 unspecified atom stereocenters. The number of likely N-dealkylation sites (tertiary alicyclic amines) is 2. The zero-order valence-corrected chi connectivity index (χ0v) is 17.5. The molecule has 8 nitrogen and oxygen atoms in total. The Hall–Kier alpha value is -1.71. The maximum Gasteiger partial charge on any atom is 0.310 e. The van der Waals surface area contributed by atoms with E-state index in [2.05, 4.69) is 22.2 Å². The molecule has 0 bridgehead atoms. The Kier molecular flexibility index (Phi) is 6.26. The van der Waals surface area contributed by atoms with Crippen LogP contribution in [0.3, 0.4) is 0 Å². The molecule has 2 fully saturated rings. The van der Waals surface area contributed by atoms with Gasteiger partial charge in [0.1, 0.15) is 10.6 Å². The van der Waals surface area contributed by atoms with Crippen LogP contribution >= 0.6 is 0 Å². The monoisotopic (exact) mass is 410 g/mol. The van der Waals surface area contributed by atoms with Crippen LogP contribution in [0.4, 0.5) is 11.4 Å². The van der Waals surface area contributed by atoms with Crippen LogP contribution in [-0.2, 0) is 9.84 Å². The van der Waals surface area contributed by atoms with Gasteiger partial charge >= 0.3 is 5.69 Å². The number of benzene rings is 1. The van der Waals surface area contributed by atoms with Gasteiger partial charge in [-0.2, -0.15) is 0 Å². The molecule has 0 radical (unpaired) electrons. The van der Waals surface area contributed by atoms with Crippen molar-refractivity contribution < 1.29 is 13.3 Å². The van der Waals surface area contributed by atoms with Crippen LogP contribution in [0.5, 0.6) is 0 Å². The number of anilines is 1. The van der Waals surface area contributed by atoms with Crippen LogP contribution in [0, 0.1) is 10.1 Å². The maximum absolute atomic E-state index is 12.0. The van der Waals surface area contributed by atoms with Gasteiger partial charge in [0.15, 0.2) is 9.84 Å². The van der Waals surface area contributed by atoms with E-state index in [1.165, 1.54) is 25.3 Å². The number of nitro groups is 1. The van der Waals surface area contributed by atoms with Gasteiger partial charge in [-0.05, 0) is 71.0 Å². The Morgan fingerprint density at radius 3 is 2.36 bits per heavy atom. The van der Waals surface area contributed by atoms with Crippen LogP contribution in [-0.4, -0.2) is 74.7 Å². The molecule has 0 spiro atoms. The molecular formula is C19H30N4O4S. The summed E-state index contributed by atoms with van der Waals surface area (Å²) in [5.41, 5.74) is -0.128. The third-order valence-electron chi connectivity index (χ3n) is 6.13. The summed E-state index contributed by atoms with van der Waals surface area (Å²) < 4.78 is 24.0. The molecule has 1 aromatic rings. The minimum absolute atomic E-state index is 0.0537. The lowest BCUT2D eigenvalue weighted by atomic mass is 9.84. The molecule has 1 aromatic carbocycles. The summed E-state index contributed by atoms with van der Waals surface area (Å²) in [6.45, 7) is 4.66. The minimum atomic E-state index is -3.69. The molecule has 0 aromatic heterocycles. The van der Waals surface area contributed by atoms with E-state index < -0.39 is 14.8 Å². The van der Waals surface area contributed by atoms with Gasteiger partial charge in [-0.25, -0.2) is 8.42 Å². The van der Waals surface area contributed by atoms with Crippen molar-refractivity contribution in [1.29, 1.82) is 0 Å². The topological polar surface area (TPSA) is 95.8 Å². The molecule has 2 saturated heterocycles. The highest BCUT2D eigenvalue weighted by atomic mass is 32.2. The molecule has 2 aliphatic heterocycles. The second kappa shape index (κ2) is 8.34. The zero-order valence-electron chi connectivity index (χ0n) is 16.7. The number of hydrogen-bond acceptors (Lipinski definition) is 7. The van der Waals surface area contributed by atoms with Gasteiger partial charge in [0.25, 0.3) is 0 Å². The van der Waals surface area contributed by atoms with E-state index in [-0.39, 0.29) is 21.8 Å². The molecule has 0 amide bonds. The van der Waals surface area contributed by atoms with Crippen molar-refractivity contribution in [2.75, 3.05) is 51.3 Å². The molecule has 3 rings (SSSR count). The molecule has 2 heterocycles. The van der Waals surface area contributed by atoms with Crippen molar-refractivity contribution in [1.82, 2.24) is 9.80 Å². The molecule has 0 saturated carbocycles. The Labute approximate surface area is 167 Å². The zero-order chi connectivity index (χ0) is 20.4. The van der Waals surface area contributed by atoms with Crippen LogP contribution < -0.4 is 5.32 Å². The van der Waals surface area contributed by atoms with Gasteiger partial charge in [-0.1, -0.05) is 12.5 Å². The first-order chi connectivity index (χ1) is 13.2. The van der Waals surface area contributed by atoms with E-state index in [4.69, 9.17) is 0 Å². The highest BCUT2D eigenvalue weighted by Gasteiger charge is 2.40. The SMILES string of the molecule is CN1CCC(CNc2cccc(S(C)(=O)=O)c2[N+](=O)[O-])(N2CCCCC2)CC1. The number of nitrogens with one attached hydrogen (secondary N) is 1. The summed E-state index contributed by atoms with van der Waals surface area (Å²) in [5.74, 6) is 0. The van der Waals surface area contributed by atoms with Gasteiger partial charge in [0.2, 0.25) is 0 Å². The summed E-state index contributed by atoms with van der Waals surface area (Å²) in [5, 5.41) is 14.9. The predicted molar refractivity (Wildman–Crippen MR) is 110 cm³/mol. The second-order valence-corrected chi connectivity index (χ2v) is 10.1. The molecule has 1 N–H and O–H groups in total. The quantitative estimate of drug-likeness (QED) is 0.568. The largest absolute Gasteiger partial charge is 0.378 e. The average molecular weight is 411 g/mol. The van der Waals surface area contributed by atoms with Crippen molar-refractivity contribution in [3.05, 3.63) is 28.3 Å². The van der Waals surface area contributed by atoms with Gasteiger partial charge in [0, 0.05) is 18.3 Å². The average Bonchev–Trinajstić information content (AvgIpc) is 2.67. The number of sulfone groups is 1. The fraction of sp³-hybridized carbons (Fsp3) is 0.684. The van der Waals surface area contributed by atoms with E-state index >= 15 is 0 Å². The van der Waals surface area contributed by atoms with Crippen molar-refractivity contribution >= 4 is 21.2 Å². The summed E-state index contributed by atoms with van der Waals surface area (Å²) in [6.07, 6.45) is 6.61. The van der Waals surface area contributed by atoms with Gasteiger partial charge in [-0.15, -0.1) is 0 Å². The van der Waals surface area contributed by atoms with Gasteiger partial charge in [-0.3, -0.25) is 15.0 Å². The third-order valence-corrected chi connectivity index (χ3v) is 7.26. The molecule has 0 aliphatic carbocycles. The van der Waals surface area contributed by atoms with Crippen LogP contribution in [0.1, 0.15) is 32.1 Å². The standard InChI is InChI=1S/C19H30N4O4S/c1-21-13-9-19(10-14-21,22-11-4-3-5-12-22)15-20-16-7-6-8-17(28(2,26)27)18(16)23(24)25/h6-8,20H,3-5,9-15H2,1-2H3. The van der Waals surface area contributed by atoms with Crippen molar-refractivity contribution in [3.8, 4) is 0 Å². The lowest BCUT2D eigenvalue weighted by Gasteiger charge is -2.50. The van der Waals surface area contributed by atoms with Gasteiger partial charge < -0.3 is 10.2 Å². The number of rotatable bonds is 6. The first-order valence-electron chi connectivity index (χ1n) is 9.88. The Morgan fingerprint density at radius 1 is 1.14 bits per heavy atom. The fourth-order valence-corrected chi connectivity index (χ4v) is 5.28. The summed E-state index contributed by atoms with van der Waals surface area (Å²) >= 11 is 0. The number of hydrogen-bond donors (Lipinski definition) is 1. The highest BCUT2D eigenvalue weighted by molar-refractivity contribution is 7.90. The van der Waals surface area contributed by atoms with Crippen molar-refractivity contribution in [2.45, 2.75) is 42.5 Å². The third kappa shape index (κ3) is 4.47. The van der Waals surface area contributed by atoms with E-state index in [0.717, 1.165) is 45.3 Å². The molecule has 0 atom stereocenters. The minimum Gasteiger partial charge on any atom is -0.378 e. The summed E-state index contributed by atoms with van der Waals surface area (Å²) in [7, 11) is -1.57. The first kappa shape index (κ1) is 21.0. The number of nitro benzene ring substituents is 1. The Morgan fingerprint density at radius 2 is 1.79 bits per heavy atom. The Bertz CT molecular complexity index is 813. The van der Waals surface area contributed by atoms with Crippen molar-refractivity contribution in [3.63, 3.8) is 0 Å². The first-order valence-corrected chi connectivity index (χ1v) is 11.8. The number of nitrogens with zero attached hydrogens (tertiary/aromatic N) is 3. The van der Waals surface area contributed by atoms with E-state index in [1.54, 1.807) is 12.1 Å². The van der Waals surface area contributed by atoms with Crippen LogP contribution in [0.15, 0.2) is 23.1 Å². The van der Waals surface area contributed by atoms with Crippen LogP contribution in [0.2, 0.25) is 0 Å². The maximum atomic E-state index is 12.0. The Balaban J connectivity index is 1.88. The molecule has 2 aliphatic rings. The second-order valence-electron chi connectivity index (χ2n) is 8.11. The van der Waals surface area contributed by atoms with Gasteiger partial charge in [0.05, 0.1) is 4.92 Å². The van der Waals surface area contributed by atoms with E-state index in [9.17, 15) is 18.5 Å². The van der Waals surface area contributed by atoms with E-state index in [0.29, 0.717) is 6.54 Å². The molecule has 9 heteroatoms. The number of piperidine rings is 2. The van der Waals surface area contributed by atoms with Crippen molar-refractivity contribution in [2.24, 2.45) is 0 Å². The lowest BCUT2D eigenvalue weighted by Crippen LogP contribution is -2.59. The summed E-state index contributed by atoms with van der Waals surface area (Å²) in [4.78, 5) is 15.7.